The van der Waals surface area contributed by atoms with Gasteiger partial charge in [-0.15, -0.1) is 11.3 Å². The van der Waals surface area contributed by atoms with E-state index >= 15 is 0 Å². The van der Waals surface area contributed by atoms with Gasteiger partial charge in [0.15, 0.2) is 0 Å². The first-order valence-corrected chi connectivity index (χ1v) is 6.27. The molecule has 1 N–H and O–H groups in total. The Morgan fingerprint density at radius 1 is 1.64 bits per heavy atom. The third-order valence-electron chi connectivity index (χ3n) is 2.07. The van der Waals surface area contributed by atoms with Crippen molar-refractivity contribution < 1.29 is 0 Å². The van der Waals surface area contributed by atoms with Crippen LogP contribution in [0.4, 0.5) is 0 Å². The summed E-state index contributed by atoms with van der Waals surface area (Å²) in [4.78, 5) is 1.42. The number of halogens is 1. The predicted molar refractivity (Wildman–Crippen MR) is 68.3 cm³/mol. The van der Waals surface area contributed by atoms with E-state index in [1.807, 2.05) is 11.3 Å². The second-order valence-corrected chi connectivity index (χ2v) is 6.05. The van der Waals surface area contributed by atoms with Crippen molar-refractivity contribution in [3.8, 4) is 0 Å². The van der Waals surface area contributed by atoms with Crippen LogP contribution in [-0.4, -0.2) is 13.1 Å². The minimum absolute atomic E-state index is 0.205. The molecule has 0 aliphatic heterocycles. The molecule has 0 spiro atoms. The Hall–Kier alpha value is -0.120. The van der Waals surface area contributed by atoms with Gasteiger partial charge in [-0.05, 0) is 11.4 Å². The van der Waals surface area contributed by atoms with Gasteiger partial charge in [-0.3, -0.25) is 0 Å². The van der Waals surface area contributed by atoms with Crippen molar-refractivity contribution in [3.63, 3.8) is 0 Å². The summed E-state index contributed by atoms with van der Waals surface area (Å²) in [5.74, 6) is 0. The smallest absolute Gasteiger partial charge is 0.0266 e. The quantitative estimate of drug-likeness (QED) is 0.866. The molecule has 0 aliphatic carbocycles. The first-order valence-electron chi connectivity index (χ1n) is 4.60. The van der Waals surface area contributed by atoms with Gasteiger partial charge in [0.1, 0.15) is 0 Å². The Morgan fingerprint density at radius 3 is 2.86 bits per heavy atom. The van der Waals surface area contributed by atoms with Crippen molar-refractivity contribution in [1.29, 1.82) is 0 Å². The van der Waals surface area contributed by atoms with Gasteiger partial charge in [0.05, 0.1) is 0 Å². The van der Waals surface area contributed by atoms with E-state index < -0.39 is 0 Å². The van der Waals surface area contributed by atoms with Crippen LogP contribution >= 0.6 is 27.3 Å². The highest BCUT2D eigenvalue weighted by atomic mass is 79.9. The van der Waals surface area contributed by atoms with Crippen LogP contribution in [0.1, 0.15) is 18.7 Å². The van der Waals surface area contributed by atoms with Crippen LogP contribution in [0.15, 0.2) is 28.6 Å². The summed E-state index contributed by atoms with van der Waals surface area (Å²) in [7, 11) is 0. The Bertz CT molecular complexity index is 290. The Kier molecular flexibility index (Phi) is 4.35. The predicted octanol–water partition coefficient (Wildman–Crippen LogP) is 3.52. The fraction of sp³-hybridized carbons (Fsp3) is 0.455. The zero-order chi connectivity index (χ0) is 10.6. The molecule has 0 aromatic carbocycles. The molecule has 0 saturated heterocycles. The molecule has 0 fully saturated rings. The number of thiophene rings is 1. The van der Waals surface area contributed by atoms with Gasteiger partial charge >= 0.3 is 0 Å². The zero-order valence-corrected chi connectivity index (χ0v) is 11.0. The average molecular weight is 274 g/mol. The summed E-state index contributed by atoms with van der Waals surface area (Å²) in [5.41, 5.74) is 0.205. The minimum atomic E-state index is 0.205. The van der Waals surface area contributed by atoms with Gasteiger partial charge in [0.25, 0.3) is 0 Å². The number of rotatable bonds is 5. The molecule has 1 rings (SSSR count). The fourth-order valence-electron chi connectivity index (χ4n) is 1.26. The van der Waals surface area contributed by atoms with Gasteiger partial charge < -0.3 is 5.32 Å². The fourth-order valence-corrected chi connectivity index (χ4v) is 2.31. The van der Waals surface area contributed by atoms with Gasteiger partial charge in [0.2, 0.25) is 0 Å². The maximum atomic E-state index is 3.79. The first-order chi connectivity index (χ1) is 6.52. The van der Waals surface area contributed by atoms with E-state index in [1.165, 1.54) is 4.88 Å². The summed E-state index contributed by atoms with van der Waals surface area (Å²) in [6, 6.07) is 4.29. The lowest BCUT2D eigenvalue weighted by atomic mass is 9.91. The van der Waals surface area contributed by atoms with Crippen LogP contribution in [0.2, 0.25) is 0 Å². The molecule has 0 unspecified atom stereocenters. The molecule has 3 heteroatoms. The van der Waals surface area contributed by atoms with Crippen LogP contribution in [0.3, 0.4) is 0 Å². The van der Waals surface area contributed by atoms with E-state index in [1.54, 1.807) is 0 Å². The molecule has 0 amide bonds. The monoisotopic (exact) mass is 273 g/mol. The second kappa shape index (κ2) is 5.10. The first kappa shape index (κ1) is 12.0. The number of hydrogen-bond acceptors (Lipinski definition) is 2. The van der Waals surface area contributed by atoms with Crippen LogP contribution in [0.25, 0.3) is 0 Å². The van der Waals surface area contributed by atoms with E-state index in [9.17, 15) is 0 Å². The highest BCUT2D eigenvalue weighted by molar-refractivity contribution is 9.11. The summed E-state index contributed by atoms with van der Waals surface area (Å²) >= 11 is 5.15. The summed E-state index contributed by atoms with van der Waals surface area (Å²) in [6.07, 6.45) is 0. The van der Waals surface area contributed by atoms with E-state index in [-0.39, 0.29) is 5.41 Å². The van der Waals surface area contributed by atoms with Crippen LogP contribution in [-0.2, 0) is 5.41 Å². The molecular formula is C11H16BrNS. The SMILES string of the molecule is C=C(Br)CNCC(C)(C)c1cccs1. The third-order valence-corrected chi connectivity index (χ3v) is 3.59. The van der Waals surface area contributed by atoms with Crippen molar-refractivity contribution in [2.45, 2.75) is 19.3 Å². The Labute approximate surface area is 98.4 Å². The van der Waals surface area contributed by atoms with Gasteiger partial charge in [0, 0.05) is 27.9 Å². The minimum Gasteiger partial charge on any atom is -0.311 e. The molecule has 0 aliphatic rings. The molecule has 1 nitrogen and oxygen atoms in total. The van der Waals surface area contributed by atoms with Gasteiger partial charge in [-0.25, -0.2) is 0 Å². The topological polar surface area (TPSA) is 12.0 Å². The lowest BCUT2D eigenvalue weighted by Crippen LogP contribution is -2.32. The largest absolute Gasteiger partial charge is 0.311 e. The van der Waals surface area contributed by atoms with E-state index in [0.29, 0.717) is 0 Å². The number of hydrogen-bond donors (Lipinski definition) is 1. The van der Waals surface area contributed by atoms with Crippen molar-refractivity contribution >= 4 is 27.3 Å². The van der Waals surface area contributed by atoms with Gasteiger partial charge in [-0.2, -0.15) is 0 Å². The molecule has 1 heterocycles. The van der Waals surface area contributed by atoms with Crippen LogP contribution in [0, 0.1) is 0 Å². The Morgan fingerprint density at radius 2 is 2.36 bits per heavy atom. The number of nitrogens with one attached hydrogen (secondary N) is 1. The molecule has 1 aromatic rings. The normalized spacial score (nSPS) is 11.6. The molecule has 0 atom stereocenters. The lowest BCUT2D eigenvalue weighted by molar-refractivity contribution is 0.492. The highest BCUT2D eigenvalue weighted by Crippen LogP contribution is 2.26. The molecule has 0 saturated carbocycles. The summed E-state index contributed by atoms with van der Waals surface area (Å²) in [5, 5.41) is 5.50. The van der Waals surface area contributed by atoms with E-state index in [4.69, 9.17) is 0 Å². The van der Waals surface area contributed by atoms with Crippen LogP contribution in [0.5, 0.6) is 0 Å². The third kappa shape index (κ3) is 3.56. The molecule has 0 bridgehead atoms. The summed E-state index contributed by atoms with van der Waals surface area (Å²) < 4.78 is 1.000. The zero-order valence-electron chi connectivity index (χ0n) is 8.64. The maximum Gasteiger partial charge on any atom is 0.0266 e. The van der Waals surface area contributed by atoms with E-state index in [2.05, 4.69) is 59.2 Å². The summed E-state index contributed by atoms with van der Waals surface area (Å²) in [6.45, 7) is 10.1. The van der Waals surface area contributed by atoms with Crippen molar-refractivity contribution in [3.05, 3.63) is 33.5 Å². The Balaban J connectivity index is 2.46. The standard InChI is InChI=1S/C11H16BrNS/c1-9(12)7-13-8-11(2,3)10-5-4-6-14-10/h4-6,13H,1,7-8H2,2-3H3. The maximum absolute atomic E-state index is 3.79. The van der Waals surface area contributed by atoms with E-state index in [0.717, 1.165) is 17.6 Å². The van der Waals surface area contributed by atoms with Gasteiger partial charge in [-0.1, -0.05) is 42.4 Å². The average Bonchev–Trinajstić information content (AvgIpc) is 2.54. The molecule has 1 aromatic heterocycles. The molecule has 0 radical (unpaired) electrons. The molecular weight excluding hydrogens is 258 g/mol. The molecule has 14 heavy (non-hydrogen) atoms. The van der Waals surface area contributed by atoms with Crippen molar-refractivity contribution in [2.24, 2.45) is 0 Å². The highest BCUT2D eigenvalue weighted by Gasteiger charge is 2.20. The van der Waals surface area contributed by atoms with Crippen LogP contribution < -0.4 is 5.32 Å². The van der Waals surface area contributed by atoms with Crippen molar-refractivity contribution in [2.75, 3.05) is 13.1 Å². The van der Waals surface area contributed by atoms with Crippen molar-refractivity contribution in [1.82, 2.24) is 5.32 Å². The lowest BCUT2D eigenvalue weighted by Gasteiger charge is -2.23. The molecule has 78 valence electrons. The second-order valence-electron chi connectivity index (χ2n) is 3.98.